The van der Waals surface area contributed by atoms with Gasteiger partial charge in [-0.1, -0.05) is 51.1 Å². The van der Waals surface area contributed by atoms with Crippen molar-refractivity contribution >= 4 is 5.78 Å². The number of aryl methyl sites for hydroxylation is 1. The zero-order valence-corrected chi connectivity index (χ0v) is 15.0. The van der Waals surface area contributed by atoms with Gasteiger partial charge >= 0.3 is 6.18 Å². The van der Waals surface area contributed by atoms with Crippen LogP contribution < -0.4 is 0 Å². The molecule has 1 aromatic rings. The molecule has 4 heteroatoms. The Labute approximate surface area is 143 Å². The minimum Gasteiger partial charge on any atom is -0.299 e. The van der Waals surface area contributed by atoms with Crippen molar-refractivity contribution in [3.63, 3.8) is 0 Å². The Hall–Kier alpha value is -1.84. The summed E-state index contributed by atoms with van der Waals surface area (Å²) in [6, 6.07) is 5.23. The summed E-state index contributed by atoms with van der Waals surface area (Å²) in [6.45, 7) is 11.6. The maximum absolute atomic E-state index is 12.0. The van der Waals surface area contributed by atoms with Crippen molar-refractivity contribution in [3.8, 4) is 0 Å². The molecule has 0 radical (unpaired) electrons. The van der Waals surface area contributed by atoms with Crippen molar-refractivity contribution in [2.24, 2.45) is 0 Å². The summed E-state index contributed by atoms with van der Waals surface area (Å²) < 4.78 is 36.1. The van der Waals surface area contributed by atoms with Gasteiger partial charge in [0.1, 0.15) is 5.78 Å². The predicted octanol–water partition coefficient (Wildman–Crippen LogP) is 6.54. The molecule has 0 heterocycles. The molecule has 0 N–H and O–H groups in total. The van der Waals surface area contributed by atoms with Crippen LogP contribution in [0.25, 0.3) is 0 Å². The highest BCUT2D eigenvalue weighted by Gasteiger charge is 2.29. The number of Topliss-reactive ketones (excluding diaryl/α,β-unsaturated/α-hetero) is 1. The summed E-state index contributed by atoms with van der Waals surface area (Å²) in [4.78, 5) is 10.9. The molecular weight excluding hydrogens is 313 g/mol. The standard InChI is InChI=1S/C9H9F3.C9H12O.C2H6/c1-2-7-3-5-8(6-4-7)9(10,11)12;1-3-8-6-9(10)5-4-7(8)2;1-2/h3-6H,2H2,1H3;3H,1,4-6H2,2H3;1-2H3. The Bertz CT molecular complexity index is 551. The number of ketones is 1. The number of carbonyl (C=O) groups excluding carboxylic acids is 1. The van der Waals surface area contributed by atoms with Gasteiger partial charge in [-0.25, -0.2) is 0 Å². The molecule has 134 valence electrons. The first kappa shape index (κ1) is 22.2. The number of carbonyl (C=O) groups is 1. The van der Waals surface area contributed by atoms with Crippen LogP contribution in [0.4, 0.5) is 13.2 Å². The first-order valence-electron chi connectivity index (χ1n) is 8.26. The average molecular weight is 340 g/mol. The fourth-order valence-electron chi connectivity index (χ4n) is 2.12. The van der Waals surface area contributed by atoms with E-state index < -0.39 is 11.7 Å². The van der Waals surface area contributed by atoms with E-state index >= 15 is 0 Å². The van der Waals surface area contributed by atoms with E-state index in [0.717, 1.165) is 42.5 Å². The second kappa shape index (κ2) is 10.8. The van der Waals surface area contributed by atoms with Gasteiger partial charge in [-0.3, -0.25) is 4.79 Å². The first-order chi connectivity index (χ1) is 11.3. The largest absolute Gasteiger partial charge is 0.416 e. The van der Waals surface area contributed by atoms with Gasteiger partial charge in [-0.05, 0) is 43.0 Å². The quantitative estimate of drug-likeness (QED) is 0.597. The number of hydrogen-bond acceptors (Lipinski definition) is 1. The van der Waals surface area contributed by atoms with E-state index in [-0.39, 0.29) is 0 Å². The molecule has 0 bridgehead atoms. The van der Waals surface area contributed by atoms with E-state index in [1.807, 2.05) is 20.8 Å². The lowest BCUT2D eigenvalue weighted by Crippen LogP contribution is -2.06. The van der Waals surface area contributed by atoms with Gasteiger partial charge in [0, 0.05) is 12.8 Å². The van der Waals surface area contributed by atoms with E-state index in [2.05, 4.69) is 13.5 Å². The lowest BCUT2D eigenvalue weighted by atomic mass is 9.92. The van der Waals surface area contributed by atoms with Crippen LogP contribution in [0.3, 0.4) is 0 Å². The van der Waals surface area contributed by atoms with Gasteiger partial charge in [0.15, 0.2) is 0 Å². The molecule has 0 saturated heterocycles. The van der Waals surface area contributed by atoms with E-state index in [0.29, 0.717) is 12.2 Å². The van der Waals surface area contributed by atoms with Crippen LogP contribution >= 0.6 is 0 Å². The van der Waals surface area contributed by atoms with Crippen LogP contribution in [0.15, 0.2) is 48.1 Å². The second-order valence-electron chi connectivity index (χ2n) is 5.27. The molecule has 2 rings (SSSR count). The lowest BCUT2D eigenvalue weighted by molar-refractivity contribution is -0.137. The van der Waals surface area contributed by atoms with Gasteiger partial charge in [-0.2, -0.15) is 13.2 Å². The molecule has 1 nitrogen and oxygen atoms in total. The molecule has 0 aliphatic heterocycles. The molecule has 0 fully saturated rings. The van der Waals surface area contributed by atoms with Gasteiger partial charge in [0.25, 0.3) is 0 Å². The number of allylic oxidation sites excluding steroid dienone is 3. The molecule has 0 unspecified atom stereocenters. The highest BCUT2D eigenvalue weighted by Crippen LogP contribution is 2.29. The summed E-state index contributed by atoms with van der Waals surface area (Å²) in [5.74, 6) is 0.348. The van der Waals surface area contributed by atoms with Crippen LogP contribution in [0, 0.1) is 0 Å². The third-order valence-electron chi connectivity index (χ3n) is 3.65. The minimum absolute atomic E-state index is 0.348. The highest BCUT2D eigenvalue weighted by atomic mass is 19.4. The average Bonchev–Trinajstić information content (AvgIpc) is 2.58. The van der Waals surface area contributed by atoms with E-state index in [1.165, 1.54) is 17.7 Å². The van der Waals surface area contributed by atoms with E-state index in [9.17, 15) is 18.0 Å². The number of rotatable bonds is 2. The van der Waals surface area contributed by atoms with Crippen LogP contribution in [-0.2, 0) is 17.4 Å². The molecule has 1 aliphatic rings. The third kappa shape index (κ3) is 7.62. The van der Waals surface area contributed by atoms with Gasteiger partial charge in [-0.15, -0.1) is 0 Å². The highest BCUT2D eigenvalue weighted by molar-refractivity contribution is 5.83. The smallest absolute Gasteiger partial charge is 0.299 e. The SMILES string of the molecule is C=CC1=C(C)CCC(=O)C1.CC.CCc1ccc(C(F)(F)F)cc1. The topological polar surface area (TPSA) is 17.1 Å². The number of halogens is 3. The summed E-state index contributed by atoms with van der Waals surface area (Å²) >= 11 is 0. The van der Waals surface area contributed by atoms with Crippen molar-refractivity contribution in [3.05, 3.63) is 59.2 Å². The Kier molecular flexibility index (Phi) is 10.0. The van der Waals surface area contributed by atoms with Crippen molar-refractivity contribution < 1.29 is 18.0 Å². The molecule has 24 heavy (non-hydrogen) atoms. The maximum atomic E-state index is 12.0. The number of alkyl halides is 3. The van der Waals surface area contributed by atoms with E-state index in [4.69, 9.17) is 0 Å². The Morgan fingerprint density at radius 1 is 1.12 bits per heavy atom. The molecule has 1 aliphatic carbocycles. The summed E-state index contributed by atoms with van der Waals surface area (Å²) in [7, 11) is 0. The Morgan fingerprint density at radius 2 is 1.67 bits per heavy atom. The third-order valence-corrected chi connectivity index (χ3v) is 3.65. The van der Waals surface area contributed by atoms with Crippen LogP contribution in [0.2, 0.25) is 0 Å². The van der Waals surface area contributed by atoms with Gasteiger partial charge in [0.05, 0.1) is 5.56 Å². The van der Waals surface area contributed by atoms with Crippen molar-refractivity contribution in [2.45, 2.75) is 59.6 Å². The molecule has 1 aromatic carbocycles. The van der Waals surface area contributed by atoms with Gasteiger partial charge < -0.3 is 0 Å². The first-order valence-corrected chi connectivity index (χ1v) is 8.26. The number of hydrogen-bond donors (Lipinski definition) is 0. The zero-order valence-electron chi connectivity index (χ0n) is 15.0. The fourth-order valence-corrected chi connectivity index (χ4v) is 2.12. The molecular formula is C20H27F3O. The molecule has 0 atom stereocenters. The van der Waals surface area contributed by atoms with Crippen LogP contribution in [0.1, 0.15) is 58.1 Å². The lowest BCUT2D eigenvalue weighted by Gasteiger charge is -2.12. The van der Waals surface area contributed by atoms with Crippen molar-refractivity contribution in [1.29, 1.82) is 0 Å². The second-order valence-corrected chi connectivity index (χ2v) is 5.27. The maximum Gasteiger partial charge on any atom is 0.416 e. The Morgan fingerprint density at radius 3 is 2.04 bits per heavy atom. The molecule has 0 aromatic heterocycles. The monoisotopic (exact) mass is 340 g/mol. The molecule has 0 amide bonds. The Balaban J connectivity index is 0.000000405. The van der Waals surface area contributed by atoms with Crippen molar-refractivity contribution in [2.75, 3.05) is 0 Å². The van der Waals surface area contributed by atoms with Crippen LogP contribution in [-0.4, -0.2) is 5.78 Å². The summed E-state index contributed by atoms with van der Waals surface area (Å²) in [5, 5.41) is 0. The fraction of sp³-hybridized carbons (Fsp3) is 0.450. The summed E-state index contributed by atoms with van der Waals surface area (Å²) in [6.07, 6.45) is 0.607. The normalized spacial score (nSPS) is 14.2. The molecule has 0 spiro atoms. The summed E-state index contributed by atoms with van der Waals surface area (Å²) in [5.41, 5.74) is 2.80. The predicted molar refractivity (Wildman–Crippen MR) is 93.9 cm³/mol. The minimum atomic E-state index is -4.22. The van der Waals surface area contributed by atoms with Crippen molar-refractivity contribution in [1.82, 2.24) is 0 Å². The molecule has 0 saturated carbocycles. The van der Waals surface area contributed by atoms with Crippen LogP contribution in [0.5, 0.6) is 0 Å². The van der Waals surface area contributed by atoms with E-state index in [1.54, 1.807) is 6.08 Å². The zero-order chi connectivity index (χ0) is 18.8. The number of benzene rings is 1. The van der Waals surface area contributed by atoms with Gasteiger partial charge in [0.2, 0.25) is 0 Å².